The summed E-state index contributed by atoms with van der Waals surface area (Å²) in [4.78, 5) is 39.2. The Balaban J connectivity index is 1.57. The lowest BCUT2D eigenvalue weighted by Gasteiger charge is -2.36. The highest BCUT2D eigenvalue weighted by atomic mass is 32.1. The third-order valence-corrected chi connectivity index (χ3v) is 6.02. The number of nitrogens with one attached hydrogen (secondary N) is 2. The number of hydrogen-bond acceptors (Lipinski definition) is 5. The van der Waals surface area contributed by atoms with E-state index in [1.807, 2.05) is 42.5 Å². The molecule has 0 aromatic heterocycles. The smallest absolute Gasteiger partial charge is 0.308 e. The van der Waals surface area contributed by atoms with Gasteiger partial charge >= 0.3 is 5.97 Å². The van der Waals surface area contributed by atoms with Crippen molar-refractivity contribution in [1.29, 1.82) is 0 Å². The molecular weight excluding hydrogens is 450 g/mol. The fourth-order valence-electron chi connectivity index (χ4n) is 3.67. The van der Waals surface area contributed by atoms with Crippen LogP contribution in [0.3, 0.4) is 0 Å². The van der Waals surface area contributed by atoms with E-state index in [1.165, 1.54) is 0 Å². The first-order valence-corrected chi connectivity index (χ1v) is 11.8. The van der Waals surface area contributed by atoms with Crippen molar-refractivity contribution in [2.24, 2.45) is 0 Å². The Morgan fingerprint density at radius 1 is 1.12 bits per heavy atom. The zero-order valence-electron chi connectivity index (χ0n) is 19.8. The molecule has 0 spiro atoms. The normalized spacial score (nSPS) is 15.9. The number of rotatable bonds is 6. The molecule has 1 aliphatic heterocycles. The van der Waals surface area contributed by atoms with Gasteiger partial charge in [0.2, 0.25) is 5.91 Å². The Hall–Kier alpha value is -3.26. The predicted molar refractivity (Wildman–Crippen MR) is 134 cm³/mol. The fraction of sp³-hybridized carbons (Fsp3) is 0.385. The van der Waals surface area contributed by atoms with Crippen molar-refractivity contribution in [2.45, 2.75) is 45.1 Å². The first-order chi connectivity index (χ1) is 16.1. The largest absolute Gasteiger partial charge is 0.465 e. The van der Waals surface area contributed by atoms with Crippen molar-refractivity contribution in [1.82, 2.24) is 15.5 Å². The summed E-state index contributed by atoms with van der Waals surface area (Å²) < 4.78 is 5.34. The summed E-state index contributed by atoms with van der Waals surface area (Å²) in [5.41, 5.74) is 2.62. The summed E-state index contributed by atoms with van der Waals surface area (Å²) in [6, 6.07) is 16.2. The number of thiocarbonyl (C=S) groups is 1. The molecule has 1 unspecified atom stereocenters. The Morgan fingerprint density at radius 3 is 2.44 bits per heavy atom. The molecule has 2 amide bonds. The van der Waals surface area contributed by atoms with Crippen molar-refractivity contribution >= 4 is 35.1 Å². The van der Waals surface area contributed by atoms with Gasteiger partial charge in [0, 0.05) is 25.1 Å². The highest BCUT2D eigenvalue weighted by Crippen LogP contribution is 2.22. The van der Waals surface area contributed by atoms with E-state index in [1.54, 1.807) is 17.0 Å². The number of amides is 2. The minimum Gasteiger partial charge on any atom is -0.465 e. The van der Waals surface area contributed by atoms with E-state index < -0.39 is 12.0 Å². The van der Waals surface area contributed by atoms with Crippen LogP contribution in [0.25, 0.3) is 0 Å². The number of carbonyl (C=O) groups is 3. The number of benzene rings is 2. The molecule has 0 saturated carbocycles. The van der Waals surface area contributed by atoms with Gasteiger partial charge in [-0.15, -0.1) is 0 Å². The molecule has 1 aliphatic rings. The van der Waals surface area contributed by atoms with Gasteiger partial charge in [0.25, 0.3) is 5.91 Å². The van der Waals surface area contributed by atoms with E-state index in [-0.39, 0.29) is 35.4 Å². The molecular formula is C26H31N3O4S. The van der Waals surface area contributed by atoms with Crippen LogP contribution in [0.15, 0.2) is 54.6 Å². The minimum atomic E-state index is -0.839. The van der Waals surface area contributed by atoms with E-state index in [9.17, 15) is 14.4 Å². The molecule has 0 radical (unpaired) electrons. The molecule has 2 aromatic rings. The molecule has 1 atom stereocenters. The molecule has 180 valence electrons. The highest BCUT2D eigenvalue weighted by molar-refractivity contribution is 7.80. The van der Waals surface area contributed by atoms with Gasteiger partial charge in [-0.2, -0.15) is 0 Å². The first kappa shape index (κ1) is 25.4. The van der Waals surface area contributed by atoms with Gasteiger partial charge in [0.05, 0.1) is 13.0 Å². The third kappa shape index (κ3) is 6.87. The second kappa shape index (κ2) is 11.2. The van der Waals surface area contributed by atoms with Crippen LogP contribution >= 0.6 is 12.2 Å². The van der Waals surface area contributed by atoms with Crippen LogP contribution < -0.4 is 10.6 Å². The standard InChI is InChI=1S/C26H31N3O4S/c1-26(2,3)20-11-9-19(10-12-20)23(31)28-25(34)29-15-14-27-24(32)21(29)17-22(30)33-16-13-18-7-5-4-6-8-18/h4-12,21H,13-17H2,1-3H3,(H,27,32)(H,28,31,34). The molecule has 2 N–H and O–H groups in total. The summed E-state index contributed by atoms with van der Waals surface area (Å²) >= 11 is 5.43. The van der Waals surface area contributed by atoms with Crippen molar-refractivity contribution < 1.29 is 19.1 Å². The molecule has 1 saturated heterocycles. The monoisotopic (exact) mass is 481 g/mol. The SMILES string of the molecule is CC(C)(C)c1ccc(C(=O)NC(=S)N2CCNC(=O)C2CC(=O)OCCc2ccccc2)cc1. The Morgan fingerprint density at radius 2 is 1.79 bits per heavy atom. The van der Waals surface area contributed by atoms with Crippen LogP contribution in [0.1, 0.15) is 48.7 Å². The van der Waals surface area contributed by atoms with Gasteiger partial charge in [0.1, 0.15) is 6.04 Å². The number of carbonyl (C=O) groups excluding carboxylic acids is 3. The van der Waals surface area contributed by atoms with Gasteiger partial charge in [-0.25, -0.2) is 0 Å². The summed E-state index contributed by atoms with van der Waals surface area (Å²) in [5, 5.41) is 5.56. The minimum absolute atomic E-state index is 0.0194. The summed E-state index contributed by atoms with van der Waals surface area (Å²) in [6.45, 7) is 7.29. The summed E-state index contributed by atoms with van der Waals surface area (Å²) in [6.07, 6.45) is 0.437. The molecule has 7 nitrogen and oxygen atoms in total. The Kier molecular flexibility index (Phi) is 8.39. The Labute approximate surface area is 205 Å². The van der Waals surface area contributed by atoms with Crippen LogP contribution in [0.5, 0.6) is 0 Å². The van der Waals surface area contributed by atoms with E-state index in [2.05, 4.69) is 31.4 Å². The number of hydrogen-bond donors (Lipinski definition) is 2. The molecule has 3 rings (SSSR count). The Bertz CT molecular complexity index is 1030. The summed E-state index contributed by atoms with van der Waals surface area (Å²) in [7, 11) is 0. The van der Waals surface area contributed by atoms with Crippen LogP contribution in [-0.4, -0.2) is 53.5 Å². The molecule has 2 aromatic carbocycles. The summed E-state index contributed by atoms with van der Waals surface area (Å²) in [5.74, 6) is -1.17. The average Bonchev–Trinajstić information content (AvgIpc) is 2.80. The van der Waals surface area contributed by atoms with Crippen LogP contribution in [0.4, 0.5) is 0 Å². The molecule has 0 aliphatic carbocycles. The van der Waals surface area contributed by atoms with Crippen molar-refractivity contribution in [3.05, 3.63) is 71.3 Å². The second-order valence-corrected chi connectivity index (χ2v) is 9.63. The lowest BCUT2D eigenvalue weighted by Crippen LogP contribution is -2.60. The van der Waals surface area contributed by atoms with Crippen molar-refractivity contribution in [2.75, 3.05) is 19.7 Å². The maximum atomic E-state index is 12.7. The van der Waals surface area contributed by atoms with E-state index in [4.69, 9.17) is 17.0 Å². The number of nitrogens with zero attached hydrogens (tertiary/aromatic N) is 1. The molecule has 0 bridgehead atoms. The van der Waals surface area contributed by atoms with Gasteiger partial charge in [-0.05, 0) is 40.9 Å². The zero-order valence-corrected chi connectivity index (χ0v) is 20.6. The maximum absolute atomic E-state index is 12.7. The zero-order chi connectivity index (χ0) is 24.7. The fourth-order valence-corrected chi connectivity index (χ4v) is 3.98. The first-order valence-electron chi connectivity index (χ1n) is 11.3. The predicted octanol–water partition coefficient (Wildman–Crippen LogP) is 2.98. The van der Waals surface area contributed by atoms with Gasteiger partial charge in [0.15, 0.2) is 5.11 Å². The molecule has 34 heavy (non-hydrogen) atoms. The highest BCUT2D eigenvalue weighted by Gasteiger charge is 2.34. The lowest BCUT2D eigenvalue weighted by atomic mass is 9.87. The average molecular weight is 482 g/mol. The van der Waals surface area contributed by atoms with E-state index >= 15 is 0 Å². The van der Waals surface area contributed by atoms with Crippen molar-refractivity contribution in [3.8, 4) is 0 Å². The molecule has 1 heterocycles. The maximum Gasteiger partial charge on any atom is 0.308 e. The van der Waals surface area contributed by atoms with E-state index in [0.29, 0.717) is 25.1 Å². The number of ether oxygens (including phenoxy) is 1. The quantitative estimate of drug-likeness (QED) is 0.487. The van der Waals surface area contributed by atoms with Crippen molar-refractivity contribution in [3.63, 3.8) is 0 Å². The lowest BCUT2D eigenvalue weighted by molar-refractivity contribution is -0.147. The topological polar surface area (TPSA) is 87.7 Å². The van der Waals surface area contributed by atoms with Crippen LogP contribution in [0, 0.1) is 0 Å². The van der Waals surface area contributed by atoms with E-state index in [0.717, 1.165) is 11.1 Å². The van der Waals surface area contributed by atoms with Gasteiger partial charge in [-0.3, -0.25) is 19.7 Å². The van der Waals surface area contributed by atoms with Crippen LogP contribution in [-0.2, 0) is 26.2 Å². The number of esters is 1. The van der Waals surface area contributed by atoms with Crippen LogP contribution in [0.2, 0.25) is 0 Å². The molecule has 8 heteroatoms. The third-order valence-electron chi connectivity index (χ3n) is 5.68. The second-order valence-electron chi connectivity index (χ2n) is 9.25. The van der Waals surface area contributed by atoms with Gasteiger partial charge in [-0.1, -0.05) is 63.2 Å². The molecule has 1 fully saturated rings. The number of piperazine rings is 1. The van der Waals surface area contributed by atoms with Gasteiger partial charge < -0.3 is 15.0 Å².